The van der Waals surface area contributed by atoms with E-state index >= 15 is 0 Å². The number of likely N-dealkylation sites (tertiary alicyclic amines) is 1. The van der Waals surface area contributed by atoms with E-state index in [2.05, 4.69) is 36.1 Å². The van der Waals surface area contributed by atoms with Crippen molar-refractivity contribution in [2.75, 3.05) is 32.8 Å². The van der Waals surface area contributed by atoms with Gasteiger partial charge in [-0.2, -0.15) is 5.10 Å². The average molecular weight is 322 g/mol. The molecule has 1 aliphatic rings. The molecular weight excluding hydrogens is 288 g/mol. The summed E-state index contributed by atoms with van der Waals surface area (Å²) in [6, 6.07) is 0. The van der Waals surface area contributed by atoms with Crippen LogP contribution >= 0.6 is 0 Å². The second-order valence-electron chi connectivity index (χ2n) is 7.33. The molecule has 0 radical (unpaired) electrons. The van der Waals surface area contributed by atoms with Gasteiger partial charge in [-0.05, 0) is 51.6 Å². The highest BCUT2D eigenvalue weighted by Gasteiger charge is 2.21. The van der Waals surface area contributed by atoms with Crippen LogP contribution in [0.3, 0.4) is 0 Å². The normalized spacial score (nSPS) is 22.7. The Kier molecular flexibility index (Phi) is 7.06. The monoisotopic (exact) mass is 322 g/mol. The van der Waals surface area contributed by atoms with E-state index in [1.807, 2.05) is 11.6 Å². The number of aryl methyl sites for hydroxylation is 1. The molecule has 1 fully saturated rings. The van der Waals surface area contributed by atoms with Crippen molar-refractivity contribution in [1.29, 1.82) is 0 Å². The van der Waals surface area contributed by atoms with Gasteiger partial charge in [-0.1, -0.05) is 13.8 Å². The third-order valence-corrected chi connectivity index (χ3v) is 4.92. The molecule has 0 bridgehead atoms. The minimum Gasteiger partial charge on any atom is -0.394 e. The van der Waals surface area contributed by atoms with Gasteiger partial charge in [-0.3, -0.25) is 4.68 Å². The number of aliphatic hydroxyl groups excluding tert-OH is 1. The number of nitrogens with zero attached hydrogens (tertiary/aromatic N) is 3. The molecule has 0 saturated carbocycles. The Balaban J connectivity index is 1.69. The second-order valence-corrected chi connectivity index (χ2v) is 7.33. The van der Waals surface area contributed by atoms with Crippen LogP contribution in [0.4, 0.5) is 0 Å². The number of aliphatic hydroxyl groups is 1. The Labute approximate surface area is 141 Å². The number of rotatable bonds is 8. The van der Waals surface area contributed by atoms with E-state index in [1.165, 1.54) is 43.7 Å². The predicted molar refractivity (Wildman–Crippen MR) is 94.5 cm³/mol. The lowest BCUT2D eigenvalue weighted by atomic mass is 9.92. The number of aromatic nitrogens is 2. The van der Waals surface area contributed by atoms with Crippen LogP contribution in [-0.4, -0.2) is 52.6 Å². The lowest BCUT2D eigenvalue weighted by Gasteiger charge is -2.34. The number of hydrogen-bond acceptors (Lipinski definition) is 4. The third-order valence-electron chi connectivity index (χ3n) is 4.92. The number of nitrogens with one attached hydrogen (secondary N) is 1. The largest absolute Gasteiger partial charge is 0.394 e. The first kappa shape index (κ1) is 18.4. The van der Waals surface area contributed by atoms with Crippen molar-refractivity contribution in [2.45, 2.75) is 53.6 Å². The molecule has 2 rings (SSSR count). The highest BCUT2D eigenvalue weighted by molar-refractivity contribution is 5.24. The molecule has 2 N–H and O–H groups in total. The van der Waals surface area contributed by atoms with Gasteiger partial charge in [0, 0.05) is 30.9 Å². The second kappa shape index (κ2) is 8.81. The van der Waals surface area contributed by atoms with Crippen LogP contribution in [0.5, 0.6) is 0 Å². The maximum atomic E-state index is 9.07. The Morgan fingerprint density at radius 3 is 2.52 bits per heavy atom. The lowest BCUT2D eigenvalue weighted by molar-refractivity contribution is 0.139. The summed E-state index contributed by atoms with van der Waals surface area (Å²) in [5.41, 5.74) is 3.52. The fourth-order valence-electron chi connectivity index (χ4n) is 3.92. The molecule has 2 unspecified atom stereocenters. The minimum atomic E-state index is 0.140. The highest BCUT2D eigenvalue weighted by atomic mass is 16.3. The smallest absolute Gasteiger partial charge is 0.0644 e. The molecule has 1 aromatic rings. The van der Waals surface area contributed by atoms with Gasteiger partial charge in [0.25, 0.3) is 0 Å². The zero-order valence-corrected chi connectivity index (χ0v) is 15.3. The fraction of sp³-hybridized carbons (Fsp3) is 0.833. The predicted octanol–water partition coefficient (Wildman–Crippen LogP) is 1.95. The minimum absolute atomic E-state index is 0.140. The molecule has 1 aliphatic heterocycles. The topological polar surface area (TPSA) is 53.3 Å². The molecule has 1 aromatic heterocycles. The van der Waals surface area contributed by atoms with E-state index in [0.717, 1.165) is 30.6 Å². The van der Waals surface area contributed by atoms with Crippen LogP contribution in [0, 0.1) is 25.7 Å². The van der Waals surface area contributed by atoms with Crippen molar-refractivity contribution in [1.82, 2.24) is 20.0 Å². The van der Waals surface area contributed by atoms with Gasteiger partial charge in [-0.15, -0.1) is 0 Å². The standard InChI is InChI=1S/C18H34N4O/c1-14-10-15(2)13-21(12-14)7-5-6-19-11-18-16(3)20-22(8-9-23)17(18)4/h14-15,19,23H,5-13H2,1-4H3. The molecule has 0 aromatic carbocycles. The van der Waals surface area contributed by atoms with Crippen molar-refractivity contribution >= 4 is 0 Å². The van der Waals surface area contributed by atoms with E-state index in [9.17, 15) is 0 Å². The van der Waals surface area contributed by atoms with E-state index in [0.29, 0.717) is 6.54 Å². The Bertz CT molecular complexity index is 476. The average Bonchev–Trinajstić information content (AvgIpc) is 2.73. The van der Waals surface area contributed by atoms with Crippen molar-refractivity contribution in [3.8, 4) is 0 Å². The van der Waals surface area contributed by atoms with Gasteiger partial charge in [0.2, 0.25) is 0 Å². The summed E-state index contributed by atoms with van der Waals surface area (Å²) in [6.45, 7) is 15.2. The number of hydrogen-bond donors (Lipinski definition) is 2. The van der Waals surface area contributed by atoms with Crippen LogP contribution in [0.25, 0.3) is 0 Å². The van der Waals surface area contributed by atoms with Crippen molar-refractivity contribution < 1.29 is 5.11 Å². The Morgan fingerprint density at radius 1 is 1.17 bits per heavy atom. The Hall–Kier alpha value is -0.910. The van der Waals surface area contributed by atoms with Gasteiger partial charge in [-0.25, -0.2) is 0 Å². The van der Waals surface area contributed by atoms with E-state index in [1.54, 1.807) is 0 Å². The maximum Gasteiger partial charge on any atom is 0.0644 e. The maximum absolute atomic E-state index is 9.07. The van der Waals surface area contributed by atoms with E-state index in [4.69, 9.17) is 5.11 Å². The molecule has 5 heteroatoms. The van der Waals surface area contributed by atoms with E-state index < -0.39 is 0 Å². The summed E-state index contributed by atoms with van der Waals surface area (Å²) < 4.78 is 1.91. The summed E-state index contributed by atoms with van der Waals surface area (Å²) >= 11 is 0. The molecule has 132 valence electrons. The Morgan fingerprint density at radius 2 is 1.87 bits per heavy atom. The third kappa shape index (κ3) is 5.30. The van der Waals surface area contributed by atoms with Crippen LogP contribution in [0.2, 0.25) is 0 Å². The fourth-order valence-corrected chi connectivity index (χ4v) is 3.92. The molecular formula is C18H34N4O. The van der Waals surface area contributed by atoms with Crippen LogP contribution < -0.4 is 5.32 Å². The molecule has 23 heavy (non-hydrogen) atoms. The summed E-state index contributed by atoms with van der Waals surface area (Å²) in [6.07, 6.45) is 2.58. The van der Waals surface area contributed by atoms with Gasteiger partial charge in [0.15, 0.2) is 0 Å². The summed E-state index contributed by atoms with van der Waals surface area (Å²) in [5, 5.41) is 17.1. The first-order chi connectivity index (χ1) is 11.0. The molecule has 2 atom stereocenters. The SMILES string of the molecule is Cc1nn(CCO)c(C)c1CNCCCN1CC(C)CC(C)C1. The van der Waals surface area contributed by atoms with Crippen LogP contribution in [0.15, 0.2) is 0 Å². The van der Waals surface area contributed by atoms with Crippen LogP contribution in [0.1, 0.15) is 43.6 Å². The van der Waals surface area contributed by atoms with Gasteiger partial charge >= 0.3 is 0 Å². The summed E-state index contributed by atoms with van der Waals surface area (Å²) in [4.78, 5) is 2.62. The first-order valence-electron chi connectivity index (χ1n) is 9.08. The summed E-state index contributed by atoms with van der Waals surface area (Å²) in [7, 11) is 0. The first-order valence-corrected chi connectivity index (χ1v) is 9.08. The molecule has 0 aliphatic carbocycles. The molecule has 0 spiro atoms. The summed E-state index contributed by atoms with van der Waals surface area (Å²) in [5.74, 6) is 1.68. The zero-order chi connectivity index (χ0) is 16.8. The number of piperidine rings is 1. The molecule has 1 saturated heterocycles. The van der Waals surface area contributed by atoms with Gasteiger partial charge < -0.3 is 15.3 Å². The zero-order valence-electron chi connectivity index (χ0n) is 15.3. The van der Waals surface area contributed by atoms with Crippen LogP contribution in [-0.2, 0) is 13.1 Å². The molecule has 5 nitrogen and oxygen atoms in total. The lowest BCUT2D eigenvalue weighted by Crippen LogP contribution is -2.39. The van der Waals surface area contributed by atoms with E-state index in [-0.39, 0.29) is 6.61 Å². The van der Waals surface area contributed by atoms with Crippen molar-refractivity contribution in [3.05, 3.63) is 17.0 Å². The molecule has 0 amide bonds. The highest BCUT2D eigenvalue weighted by Crippen LogP contribution is 2.20. The quantitative estimate of drug-likeness (QED) is 0.718. The molecule has 2 heterocycles. The van der Waals surface area contributed by atoms with Crippen molar-refractivity contribution in [2.24, 2.45) is 11.8 Å². The van der Waals surface area contributed by atoms with Gasteiger partial charge in [0.1, 0.15) is 0 Å². The van der Waals surface area contributed by atoms with Gasteiger partial charge in [0.05, 0.1) is 18.8 Å². The van der Waals surface area contributed by atoms with Crippen molar-refractivity contribution in [3.63, 3.8) is 0 Å².